The first-order valence-corrected chi connectivity index (χ1v) is 10.7. The molecule has 8 heteroatoms. The summed E-state index contributed by atoms with van der Waals surface area (Å²) in [4.78, 5) is 35.4. The van der Waals surface area contributed by atoms with Crippen LogP contribution in [0.4, 0.5) is 8.78 Å². The number of carbonyl (C=O) groups excluding carboxylic acids is 3. The summed E-state index contributed by atoms with van der Waals surface area (Å²) in [6.07, 6.45) is 6.27. The molecule has 29 heavy (non-hydrogen) atoms. The van der Waals surface area contributed by atoms with Crippen LogP contribution in [0.15, 0.2) is 12.2 Å². The largest absolute Gasteiger partial charge is 0.469 e. The topological polar surface area (TPSA) is 69.7 Å². The quantitative estimate of drug-likeness (QED) is 0.170. The zero-order valence-corrected chi connectivity index (χ0v) is 18.5. The Morgan fingerprint density at radius 3 is 2.59 bits per heavy atom. The van der Waals surface area contributed by atoms with Crippen LogP contribution in [0.5, 0.6) is 0 Å². The summed E-state index contributed by atoms with van der Waals surface area (Å²) in [6.45, 7) is 1.80. The second kappa shape index (κ2) is 13.2. The van der Waals surface area contributed by atoms with Gasteiger partial charge in [0.25, 0.3) is 0 Å². The lowest BCUT2D eigenvalue weighted by atomic mass is 9.86. The molecular formula is C21H33F2O5P. The van der Waals surface area contributed by atoms with E-state index in [0.29, 0.717) is 38.5 Å². The third-order valence-corrected chi connectivity index (χ3v) is 5.83. The molecular weight excluding hydrogens is 401 g/mol. The number of allylic oxidation sites excluding steroid dienone is 2. The van der Waals surface area contributed by atoms with Crippen LogP contribution in [0, 0.1) is 11.8 Å². The molecule has 0 amide bonds. The van der Waals surface area contributed by atoms with Gasteiger partial charge in [-0.15, -0.1) is 0 Å². The zero-order valence-electron chi connectivity index (χ0n) is 17.3. The van der Waals surface area contributed by atoms with Crippen LogP contribution in [0.2, 0.25) is 0 Å². The summed E-state index contributed by atoms with van der Waals surface area (Å²) < 4.78 is 37.8. The van der Waals surface area contributed by atoms with Crippen molar-refractivity contribution in [3.05, 3.63) is 12.2 Å². The van der Waals surface area contributed by atoms with E-state index in [4.69, 9.17) is 4.52 Å². The number of halogens is 2. The second-order valence-corrected chi connectivity index (χ2v) is 7.83. The third kappa shape index (κ3) is 8.59. The molecule has 0 aromatic carbocycles. The van der Waals surface area contributed by atoms with Crippen LogP contribution in [0.3, 0.4) is 0 Å². The number of ketones is 2. The molecule has 0 aromatic rings. The van der Waals surface area contributed by atoms with Crippen molar-refractivity contribution in [2.24, 2.45) is 11.8 Å². The number of unbranched alkanes of at least 4 members (excludes halogenated alkanes) is 2. The van der Waals surface area contributed by atoms with Crippen molar-refractivity contribution < 1.29 is 32.4 Å². The van der Waals surface area contributed by atoms with Crippen molar-refractivity contribution in [3.63, 3.8) is 0 Å². The van der Waals surface area contributed by atoms with E-state index in [2.05, 4.69) is 14.2 Å². The Kier molecular flexibility index (Phi) is 11.7. The minimum absolute atomic E-state index is 0.0341. The van der Waals surface area contributed by atoms with Crippen molar-refractivity contribution in [1.82, 2.24) is 0 Å². The van der Waals surface area contributed by atoms with E-state index in [9.17, 15) is 23.2 Å². The fourth-order valence-electron chi connectivity index (χ4n) is 3.69. The maximum Gasteiger partial charge on any atom is 0.305 e. The molecule has 1 fully saturated rings. The highest BCUT2D eigenvalue weighted by atomic mass is 31.0. The van der Waals surface area contributed by atoms with Crippen molar-refractivity contribution in [3.8, 4) is 0 Å². The Morgan fingerprint density at radius 2 is 1.97 bits per heavy atom. The predicted octanol–water partition coefficient (Wildman–Crippen LogP) is 4.83. The molecule has 1 aliphatic rings. The minimum Gasteiger partial charge on any atom is -0.469 e. The van der Waals surface area contributed by atoms with Gasteiger partial charge in [0.1, 0.15) is 5.78 Å². The van der Waals surface area contributed by atoms with Gasteiger partial charge in [0.15, 0.2) is 0 Å². The van der Waals surface area contributed by atoms with Gasteiger partial charge < -0.3 is 9.26 Å². The fraction of sp³-hybridized carbons (Fsp3) is 0.762. The number of methoxy groups -OCH3 is 1. The van der Waals surface area contributed by atoms with Crippen molar-refractivity contribution >= 4 is 27.0 Å². The van der Waals surface area contributed by atoms with E-state index >= 15 is 0 Å². The number of Topliss-reactive ketones (excluding diaryl/α,β-unsaturated/α-hetero) is 2. The maximum absolute atomic E-state index is 13.9. The average Bonchev–Trinajstić information content (AvgIpc) is 3.01. The van der Waals surface area contributed by atoms with E-state index in [1.165, 1.54) is 7.11 Å². The first-order valence-electron chi connectivity index (χ1n) is 10.3. The highest BCUT2D eigenvalue weighted by Gasteiger charge is 2.43. The van der Waals surface area contributed by atoms with Crippen LogP contribution in [-0.2, 0) is 23.6 Å². The molecule has 0 N–H and O–H groups in total. The molecule has 0 heterocycles. The number of carbonyl (C=O) groups is 3. The highest BCUT2D eigenvalue weighted by Crippen LogP contribution is 2.39. The Balaban J connectivity index is 2.59. The summed E-state index contributed by atoms with van der Waals surface area (Å²) in [5.74, 6) is -5.17. The lowest BCUT2D eigenvalue weighted by Crippen LogP contribution is -2.30. The normalized spacial score (nSPS) is 22.4. The van der Waals surface area contributed by atoms with Gasteiger partial charge in [-0.05, 0) is 38.0 Å². The number of hydrogen-bond acceptors (Lipinski definition) is 5. The molecule has 0 aromatic heterocycles. The molecule has 0 aliphatic heterocycles. The van der Waals surface area contributed by atoms with Crippen molar-refractivity contribution in [1.29, 1.82) is 0 Å². The number of rotatable bonds is 14. The van der Waals surface area contributed by atoms with Gasteiger partial charge in [0.05, 0.1) is 13.2 Å². The lowest BCUT2D eigenvalue weighted by molar-refractivity contribution is -0.144. The Hall–Kier alpha value is -1.20. The summed E-state index contributed by atoms with van der Waals surface area (Å²) in [7, 11) is 3.49. The van der Waals surface area contributed by atoms with Crippen LogP contribution in [-0.4, -0.2) is 36.7 Å². The van der Waals surface area contributed by atoms with Gasteiger partial charge in [-0.25, -0.2) is 0 Å². The standard InChI is InChI=1S/C21H33F2O5P/c1-3-4-13-21(22,23)19(25)12-11-16-15(17(24)14-18(16)28-29)9-7-5-6-8-10-20(26)27-2/h5,7,15-16,18H,3-4,6,8-14,29H2,1-2H3/b7-5+. The Morgan fingerprint density at radius 1 is 1.24 bits per heavy atom. The monoisotopic (exact) mass is 434 g/mol. The molecule has 0 bridgehead atoms. The molecule has 166 valence electrons. The van der Waals surface area contributed by atoms with E-state index in [0.717, 1.165) is 0 Å². The zero-order chi connectivity index (χ0) is 21.9. The Bertz CT molecular complexity index is 579. The molecule has 1 saturated carbocycles. The molecule has 4 atom stereocenters. The number of alkyl halides is 2. The Labute approximate surface area is 174 Å². The summed E-state index contributed by atoms with van der Waals surface area (Å²) >= 11 is 0. The molecule has 1 aliphatic carbocycles. The van der Waals surface area contributed by atoms with Crippen LogP contribution >= 0.6 is 9.47 Å². The molecule has 0 spiro atoms. The molecule has 0 saturated heterocycles. The van der Waals surface area contributed by atoms with Gasteiger partial charge in [-0.2, -0.15) is 8.78 Å². The fourth-order valence-corrected chi connectivity index (χ4v) is 3.99. The summed E-state index contributed by atoms with van der Waals surface area (Å²) in [5.41, 5.74) is 0. The van der Waals surface area contributed by atoms with Gasteiger partial charge in [-0.1, -0.05) is 25.5 Å². The smallest absolute Gasteiger partial charge is 0.305 e. The second-order valence-electron chi connectivity index (χ2n) is 7.56. The molecule has 0 radical (unpaired) electrons. The van der Waals surface area contributed by atoms with E-state index in [1.54, 1.807) is 6.92 Å². The predicted molar refractivity (Wildman–Crippen MR) is 110 cm³/mol. The number of hydrogen-bond donors (Lipinski definition) is 0. The van der Waals surface area contributed by atoms with Gasteiger partial charge in [0, 0.05) is 41.1 Å². The maximum atomic E-state index is 13.9. The first-order chi connectivity index (χ1) is 13.8. The van der Waals surface area contributed by atoms with E-state index < -0.39 is 18.1 Å². The summed E-state index contributed by atoms with van der Waals surface area (Å²) in [5, 5.41) is 0. The molecule has 5 nitrogen and oxygen atoms in total. The van der Waals surface area contributed by atoms with E-state index in [-0.39, 0.29) is 49.0 Å². The van der Waals surface area contributed by atoms with Gasteiger partial charge in [0.2, 0.25) is 5.78 Å². The summed E-state index contributed by atoms with van der Waals surface area (Å²) in [6, 6.07) is 0. The lowest BCUT2D eigenvalue weighted by Gasteiger charge is -2.23. The van der Waals surface area contributed by atoms with E-state index in [1.807, 2.05) is 12.2 Å². The third-order valence-electron chi connectivity index (χ3n) is 5.48. The number of esters is 1. The number of ether oxygens (including phenoxy) is 1. The van der Waals surface area contributed by atoms with Gasteiger partial charge in [-0.3, -0.25) is 14.4 Å². The van der Waals surface area contributed by atoms with Gasteiger partial charge >= 0.3 is 11.9 Å². The SMILES string of the molecule is CCCCC(F)(F)C(=O)CCC1C(OP)CC(=O)C1C/C=C/CCCC(=O)OC. The molecule has 4 unspecified atom stereocenters. The van der Waals surface area contributed by atoms with Crippen molar-refractivity contribution in [2.45, 2.75) is 83.2 Å². The average molecular weight is 434 g/mol. The van der Waals surface area contributed by atoms with Crippen LogP contribution in [0.1, 0.15) is 71.1 Å². The highest BCUT2D eigenvalue weighted by molar-refractivity contribution is 7.09. The molecule has 1 rings (SSSR count). The van der Waals surface area contributed by atoms with Crippen LogP contribution < -0.4 is 0 Å². The first kappa shape index (κ1) is 25.8. The van der Waals surface area contributed by atoms with Crippen molar-refractivity contribution in [2.75, 3.05) is 7.11 Å². The van der Waals surface area contributed by atoms with Crippen LogP contribution in [0.25, 0.3) is 0 Å². The minimum atomic E-state index is -3.30.